The molecular weight excluding hydrogens is 276 g/mol. The molecule has 0 amide bonds. The maximum absolute atomic E-state index is 6.13. The minimum Gasteiger partial charge on any atom is -0.369 e. The summed E-state index contributed by atoms with van der Waals surface area (Å²) in [6, 6.07) is 0. The number of nitrogens with zero attached hydrogens (tertiary/aromatic N) is 5. The summed E-state index contributed by atoms with van der Waals surface area (Å²) in [5.41, 5.74) is 6.06. The molecule has 3 fully saturated rings. The lowest BCUT2D eigenvalue weighted by Crippen LogP contribution is -2.60. The van der Waals surface area contributed by atoms with E-state index in [0.29, 0.717) is 22.8 Å². The molecule has 3 saturated heterocycles. The van der Waals surface area contributed by atoms with E-state index >= 15 is 0 Å². The second kappa shape index (κ2) is 4.30. The maximum Gasteiger partial charge on any atom is 0.232 e. The van der Waals surface area contributed by atoms with Crippen LogP contribution in [0.3, 0.4) is 0 Å². The highest BCUT2D eigenvalue weighted by Gasteiger charge is 2.51. The minimum absolute atomic E-state index is 0.0659. The average molecular weight is 293 g/mol. The Labute approximate surface area is 122 Å². The Kier molecular flexibility index (Phi) is 2.65. The van der Waals surface area contributed by atoms with Gasteiger partial charge in [0.05, 0.1) is 29.5 Å². The van der Waals surface area contributed by atoms with Crippen LogP contribution in [0.15, 0.2) is 17.4 Å². The first-order valence-corrected chi connectivity index (χ1v) is 7.37. The fourth-order valence-corrected chi connectivity index (χ4v) is 3.84. The van der Waals surface area contributed by atoms with Crippen LogP contribution in [0.1, 0.15) is 12.8 Å². The molecule has 0 aliphatic carbocycles. The van der Waals surface area contributed by atoms with Crippen molar-refractivity contribution in [1.29, 1.82) is 0 Å². The maximum atomic E-state index is 6.13. The molecule has 1 aromatic rings. The summed E-state index contributed by atoms with van der Waals surface area (Å²) in [7, 11) is 0. The van der Waals surface area contributed by atoms with Gasteiger partial charge in [0, 0.05) is 6.54 Å². The fraction of sp³-hybridized carbons (Fsp3) is 0.615. The second-order valence-corrected chi connectivity index (χ2v) is 6.35. The summed E-state index contributed by atoms with van der Waals surface area (Å²) in [4.78, 5) is 17.7. The van der Waals surface area contributed by atoms with Crippen LogP contribution in [0, 0.1) is 5.92 Å². The lowest BCUT2D eigenvalue weighted by atomic mass is 9.73. The number of aromatic nitrogens is 2. The van der Waals surface area contributed by atoms with Crippen LogP contribution in [-0.4, -0.2) is 52.5 Å². The van der Waals surface area contributed by atoms with E-state index in [9.17, 15) is 0 Å². The summed E-state index contributed by atoms with van der Waals surface area (Å²) in [6.07, 6.45) is 5.62. The van der Waals surface area contributed by atoms with Crippen LogP contribution in [0.4, 0.5) is 5.95 Å². The zero-order valence-electron chi connectivity index (χ0n) is 11.2. The van der Waals surface area contributed by atoms with E-state index in [4.69, 9.17) is 22.3 Å². The molecule has 106 valence electrons. The number of nitrogens with two attached hydrogens (primary N) is 1. The van der Waals surface area contributed by atoms with Crippen LogP contribution in [0.5, 0.6) is 0 Å². The number of hydrogen-bond donors (Lipinski definition) is 1. The fourth-order valence-electron chi connectivity index (χ4n) is 3.75. The first-order valence-electron chi connectivity index (χ1n) is 6.99. The molecule has 2 N–H and O–H groups in total. The summed E-state index contributed by atoms with van der Waals surface area (Å²) in [5.74, 6) is 1.74. The van der Waals surface area contributed by atoms with E-state index < -0.39 is 0 Å². The summed E-state index contributed by atoms with van der Waals surface area (Å²) >= 11 is 5.84. The topological polar surface area (TPSA) is 70.6 Å². The van der Waals surface area contributed by atoms with E-state index in [2.05, 4.69) is 14.9 Å². The predicted molar refractivity (Wildman–Crippen MR) is 77.9 cm³/mol. The lowest BCUT2D eigenvalue weighted by Gasteiger charge is -2.49. The van der Waals surface area contributed by atoms with Crippen molar-refractivity contribution >= 4 is 23.5 Å². The van der Waals surface area contributed by atoms with Gasteiger partial charge in [0.15, 0.2) is 5.96 Å². The largest absolute Gasteiger partial charge is 0.369 e. The second-order valence-electron chi connectivity index (χ2n) is 5.91. The highest BCUT2D eigenvalue weighted by Crippen LogP contribution is 2.41. The predicted octanol–water partition coefficient (Wildman–Crippen LogP) is 0.729. The molecule has 4 aliphatic heterocycles. The van der Waals surface area contributed by atoms with Crippen molar-refractivity contribution in [2.45, 2.75) is 18.4 Å². The van der Waals surface area contributed by atoms with Crippen LogP contribution in [0.25, 0.3) is 0 Å². The van der Waals surface area contributed by atoms with E-state index in [1.54, 1.807) is 12.4 Å². The number of fused-ring (bicyclic) bond motifs is 2. The number of piperidine rings is 3. The highest BCUT2D eigenvalue weighted by molar-refractivity contribution is 6.30. The van der Waals surface area contributed by atoms with Gasteiger partial charge in [-0.15, -0.1) is 0 Å². The van der Waals surface area contributed by atoms with Gasteiger partial charge in [-0.3, -0.25) is 4.90 Å². The Morgan fingerprint density at radius 1 is 1.20 bits per heavy atom. The Balaban J connectivity index is 1.64. The molecule has 0 saturated carbocycles. The van der Waals surface area contributed by atoms with Gasteiger partial charge in [-0.05, 0) is 31.8 Å². The molecule has 6 nitrogen and oxygen atoms in total. The molecule has 1 atom stereocenters. The Morgan fingerprint density at radius 3 is 2.50 bits per heavy atom. The lowest BCUT2D eigenvalue weighted by molar-refractivity contribution is 0.0390. The zero-order valence-corrected chi connectivity index (χ0v) is 11.9. The van der Waals surface area contributed by atoms with Crippen LogP contribution in [-0.2, 0) is 0 Å². The monoisotopic (exact) mass is 292 g/mol. The third-order valence-electron chi connectivity index (χ3n) is 4.74. The number of halogens is 1. The third-order valence-corrected chi connectivity index (χ3v) is 4.93. The summed E-state index contributed by atoms with van der Waals surface area (Å²) < 4.78 is 0. The average Bonchev–Trinajstić information content (AvgIpc) is 2.77. The van der Waals surface area contributed by atoms with E-state index in [-0.39, 0.29) is 5.54 Å². The van der Waals surface area contributed by atoms with E-state index in [1.165, 1.54) is 25.9 Å². The molecule has 0 aromatic carbocycles. The summed E-state index contributed by atoms with van der Waals surface area (Å²) in [5, 5.41) is 0.529. The van der Waals surface area contributed by atoms with Gasteiger partial charge < -0.3 is 10.6 Å². The zero-order chi connectivity index (χ0) is 13.7. The Bertz CT molecular complexity index is 550. The Hall–Kier alpha value is -1.40. The van der Waals surface area contributed by atoms with Crippen molar-refractivity contribution in [1.82, 2.24) is 14.9 Å². The van der Waals surface area contributed by atoms with Crippen molar-refractivity contribution in [3.63, 3.8) is 0 Å². The quantitative estimate of drug-likeness (QED) is 0.826. The molecule has 7 heteroatoms. The summed E-state index contributed by atoms with van der Waals surface area (Å²) in [6.45, 7) is 4.17. The van der Waals surface area contributed by atoms with E-state index in [1.807, 2.05) is 4.90 Å². The molecule has 5 rings (SSSR count). The van der Waals surface area contributed by atoms with Gasteiger partial charge in [0.1, 0.15) is 0 Å². The first kappa shape index (κ1) is 12.3. The molecule has 4 aliphatic rings. The number of hydrogen-bond acceptors (Lipinski definition) is 6. The van der Waals surface area contributed by atoms with Gasteiger partial charge in [0.25, 0.3) is 0 Å². The van der Waals surface area contributed by atoms with Crippen LogP contribution >= 0.6 is 11.6 Å². The molecular formula is C13H17ClN6. The molecule has 5 heterocycles. The standard InChI is InChI=1S/C13H17ClN6/c14-10-5-16-12(17-6-10)20-8-13(18-11(20)15)7-19-3-1-9(13)2-4-19/h5-6,9H,1-4,7-8H2,(H2,15,18). The first-order chi connectivity index (χ1) is 9.66. The van der Waals surface area contributed by atoms with Gasteiger partial charge in [-0.25, -0.2) is 15.0 Å². The van der Waals surface area contributed by atoms with Crippen molar-refractivity contribution in [2.24, 2.45) is 16.6 Å². The van der Waals surface area contributed by atoms with Crippen molar-refractivity contribution in [3.8, 4) is 0 Å². The number of guanidine groups is 1. The van der Waals surface area contributed by atoms with Gasteiger partial charge >= 0.3 is 0 Å². The van der Waals surface area contributed by atoms with Crippen molar-refractivity contribution in [2.75, 3.05) is 31.1 Å². The van der Waals surface area contributed by atoms with Crippen molar-refractivity contribution < 1.29 is 0 Å². The normalized spacial score (nSPS) is 35.6. The molecule has 20 heavy (non-hydrogen) atoms. The highest BCUT2D eigenvalue weighted by atomic mass is 35.5. The van der Waals surface area contributed by atoms with Gasteiger partial charge in [0.2, 0.25) is 5.95 Å². The number of rotatable bonds is 1. The smallest absolute Gasteiger partial charge is 0.232 e. The van der Waals surface area contributed by atoms with Crippen LogP contribution < -0.4 is 10.6 Å². The number of anilines is 1. The number of aliphatic imine (C=N–C) groups is 1. The van der Waals surface area contributed by atoms with Crippen LogP contribution in [0.2, 0.25) is 5.02 Å². The molecule has 1 aromatic heterocycles. The minimum atomic E-state index is -0.0659. The van der Waals surface area contributed by atoms with Gasteiger partial charge in [-0.1, -0.05) is 11.6 Å². The third kappa shape index (κ3) is 1.78. The van der Waals surface area contributed by atoms with Crippen molar-refractivity contribution in [3.05, 3.63) is 17.4 Å². The SMILES string of the molecule is NC1=NC2(CN3CCC2CC3)CN1c1ncc(Cl)cn1. The molecule has 0 radical (unpaired) electrons. The molecule has 2 bridgehead atoms. The molecule has 1 spiro atoms. The van der Waals surface area contributed by atoms with E-state index in [0.717, 1.165) is 13.1 Å². The van der Waals surface area contributed by atoms with Gasteiger partial charge in [-0.2, -0.15) is 0 Å². The molecule has 1 unspecified atom stereocenters. The Morgan fingerprint density at radius 2 is 1.90 bits per heavy atom.